The van der Waals surface area contributed by atoms with E-state index in [2.05, 4.69) is 12.6 Å². The van der Waals surface area contributed by atoms with Gasteiger partial charge in [-0.15, -0.1) is 0 Å². The van der Waals surface area contributed by atoms with Crippen LogP contribution in [0.3, 0.4) is 0 Å². The van der Waals surface area contributed by atoms with Crippen LogP contribution in [-0.2, 0) is 4.79 Å². The predicted molar refractivity (Wildman–Crippen MR) is 32.1 cm³/mol. The summed E-state index contributed by atoms with van der Waals surface area (Å²) in [7, 11) is 0. The molecule has 0 bridgehead atoms. The Morgan fingerprint density at radius 3 is 2.38 bits per heavy atom. The molecule has 48 valence electrons. The summed E-state index contributed by atoms with van der Waals surface area (Å²) >= 11 is 3.74. The molecule has 0 aromatic carbocycles. The van der Waals surface area contributed by atoms with Gasteiger partial charge in [0, 0.05) is 5.25 Å². The summed E-state index contributed by atoms with van der Waals surface area (Å²) < 4.78 is 0. The monoisotopic (exact) mass is 136 g/mol. The van der Waals surface area contributed by atoms with Crippen molar-refractivity contribution in [3.8, 4) is 0 Å². The van der Waals surface area contributed by atoms with Gasteiger partial charge in [-0.2, -0.15) is 12.6 Å². The van der Waals surface area contributed by atoms with Crippen LogP contribution in [0.2, 0.25) is 0 Å². The van der Waals surface area contributed by atoms with Crippen molar-refractivity contribution in [2.75, 3.05) is 6.61 Å². The maximum atomic E-state index is 9.81. The molecule has 0 radical (unpaired) electrons. The molecule has 0 aromatic rings. The van der Waals surface area contributed by atoms with Gasteiger partial charge in [-0.25, -0.2) is 0 Å². The molecular formula is C4H8O3S. The number of aliphatic hydroxyl groups excluding tert-OH is 1. The number of hydrogen-bond donors (Lipinski definition) is 3. The first kappa shape index (κ1) is 7.78. The highest BCUT2D eigenvalue weighted by Crippen LogP contribution is 1.97. The van der Waals surface area contributed by atoms with Crippen LogP contribution in [0.4, 0.5) is 0 Å². The van der Waals surface area contributed by atoms with E-state index >= 15 is 0 Å². The van der Waals surface area contributed by atoms with Gasteiger partial charge in [-0.1, -0.05) is 0 Å². The van der Waals surface area contributed by atoms with Crippen molar-refractivity contribution < 1.29 is 15.0 Å². The first-order valence-corrected chi connectivity index (χ1v) is 2.69. The van der Waals surface area contributed by atoms with Crippen LogP contribution < -0.4 is 0 Å². The number of carbonyl (C=O) groups is 1. The molecule has 0 heterocycles. The third-order valence-electron chi connectivity index (χ3n) is 0.621. The fourth-order valence-corrected chi connectivity index (χ4v) is 0.422. The first-order chi connectivity index (χ1) is 3.66. The van der Waals surface area contributed by atoms with Gasteiger partial charge < -0.3 is 10.2 Å². The molecule has 0 amide bonds. The maximum absolute atomic E-state index is 9.81. The van der Waals surface area contributed by atoms with Crippen molar-refractivity contribution in [3.05, 3.63) is 0 Å². The molecule has 4 heteroatoms. The molecular weight excluding hydrogens is 128 g/mol. The van der Waals surface area contributed by atoms with Gasteiger partial charge in [0.25, 0.3) is 0 Å². The quantitative estimate of drug-likeness (QED) is 0.469. The van der Waals surface area contributed by atoms with E-state index in [1.54, 1.807) is 0 Å². The van der Waals surface area contributed by atoms with Crippen LogP contribution in [0, 0.1) is 0 Å². The lowest BCUT2D eigenvalue weighted by Crippen LogP contribution is -2.10. The van der Waals surface area contributed by atoms with Crippen LogP contribution in [-0.4, -0.2) is 28.0 Å². The first-order valence-electron chi connectivity index (χ1n) is 2.17. The molecule has 1 unspecified atom stereocenters. The molecule has 0 spiro atoms. The molecule has 2 N–H and O–H groups in total. The summed E-state index contributed by atoms with van der Waals surface area (Å²) in [4.78, 5) is 9.81. The smallest absolute Gasteiger partial charge is 0.304 e. The van der Waals surface area contributed by atoms with Gasteiger partial charge in [0.2, 0.25) is 0 Å². The SMILES string of the molecule is O=C(O)CC(S)CO. The maximum Gasteiger partial charge on any atom is 0.304 e. The molecule has 1 atom stereocenters. The Morgan fingerprint density at radius 1 is 1.75 bits per heavy atom. The molecule has 0 aliphatic rings. The van der Waals surface area contributed by atoms with Gasteiger partial charge in [0.05, 0.1) is 13.0 Å². The van der Waals surface area contributed by atoms with Gasteiger partial charge in [-0.3, -0.25) is 4.79 Å². The zero-order valence-corrected chi connectivity index (χ0v) is 5.14. The van der Waals surface area contributed by atoms with Crippen molar-refractivity contribution in [1.82, 2.24) is 0 Å². The van der Waals surface area contributed by atoms with Crippen molar-refractivity contribution >= 4 is 18.6 Å². The third-order valence-corrected chi connectivity index (χ3v) is 0.967. The summed E-state index contributed by atoms with van der Waals surface area (Å²) in [5.74, 6) is -0.931. The van der Waals surface area contributed by atoms with Gasteiger partial charge in [-0.05, 0) is 0 Å². The van der Waals surface area contributed by atoms with E-state index in [1.807, 2.05) is 0 Å². The highest BCUT2D eigenvalue weighted by atomic mass is 32.1. The van der Waals surface area contributed by atoms with Crippen LogP contribution in [0.15, 0.2) is 0 Å². The predicted octanol–water partition coefficient (Wildman–Crippen LogP) is -0.248. The lowest BCUT2D eigenvalue weighted by Gasteiger charge is -1.99. The van der Waals surface area contributed by atoms with E-state index in [0.29, 0.717) is 0 Å². The average Bonchev–Trinajstić information content (AvgIpc) is 1.65. The number of carboxylic acid groups (broad SMARTS) is 1. The lowest BCUT2D eigenvalue weighted by atomic mass is 10.3. The van der Waals surface area contributed by atoms with Crippen molar-refractivity contribution in [2.45, 2.75) is 11.7 Å². The summed E-state index contributed by atoms with van der Waals surface area (Å²) in [6, 6.07) is 0. The van der Waals surface area contributed by atoms with Gasteiger partial charge in [0.15, 0.2) is 0 Å². The van der Waals surface area contributed by atoms with Crippen molar-refractivity contribution in [1.29, 1.82) is 0 Å². The van der Waals surface area contributed by atoms with Crippen LogP contribution >= 0.6 is 12.6 Å². The van der Waals surface area contributed by atoms with E-state index in [4.69, 9.17) is 10.2 Å². The largest absolute Gasteiger partial charge is 0.481 e. The number of carboxylic acids is 1. The highest BCUT2D eigenvalue weighted by molar-refractivity contribution is 7.81. The molecule has 0 saturated carbocycles. The number of thiol groups is 1. The summed E-state index contributed by atoms with van der Waals surface area (Å²) in [6.07, 6.45) is -0.0837. The molecule has 8 heavy (non-hydrogen) atoms. The van der Waals surface area contributed by atoms with E-state index in [0.717, 1.165) is 0 Å². The fourth-order valence-electron chi connectivity index (χ4n) is 0.266. The highest BCUT2D eigenvalue weighted by Gasteiger charge is 2.04. The molecule has 0 aromatic heterocycles. The van der Waals surface area contributed by atoms with Crippen molar-refractivity contribution in [3.63, 3.8) is 0 Å². The van der Waals surface area contributed by atoms with E-state index < -0.39 is 11.2 Å². The second kappa shape index (κ2) is 3.74. The number of aliphatic carboxylic acids is 1. The zero-order valence-electron chi connectivity index (χ0n) is 4.24. The Kier molecular flexibility index (Phi) is 3.64. The average molecular weight is 136 g/mol. The standard InChI is InChI=1S/C4H8O3S/c5-2-3(8)1-4(6)7/h3,5,8H,1-2H2,(H,6,7). The Morgan fingerprint density at radius 2 is 2.25 bits per heavy atom. The molecule has 0 fully saturated rings. The minimum atomic E-state index is -0.931. The second-order valence-corrected chi connectivity index (χ2v) is 2.16. The minimum Gasteiger partial charge on any atom is -0.481 e. The van der Waals surface area contributed by atoms with E-state index in [9.17, 15) is 4.79 Å². The molecule has 0 aliphatic carbocycles. The Bertz CT molecular complexity index is 83.4. The summed E-state index contributed by atoms with van der Waals surface area (Å²) in [5.41, 5.74) is 0. The molecule has 0 saturated heterocycles. The molecule has 0 aliphatic heterocycles. The number of hydrogen-bond acceptors (Lipinski definition) is 3. The van der Waals surface area contributed by atoms with Crippen molar-refractivity contribution in [2.24, 2.45) is 0 Å². The Hall–Kier alpha value is -0.220. The Labute approximate surface area is 52.7 Å². The minimum absolute atomic E-state index is 0.0837. The summed E-state index contributed by atoms with van der Waals surface area (Å²) in [5, 5.41) is 15.9. The zero-order chi connectivity index (χ0) is 6.57. The van der Waals surface area contributed by atoms with Crippen LogP contribution in [0.5, 0.6) is 0 Å². The van der Waals surface area contributed by atoms with Gasteiger partial charge >= 0.3 is 5.97 Å². The number of rotatable bonds is 3. The topological polar surface area (TPSA) is 57.5 Å². The van der Waals surface area contributed by atoms with Crippen LogP contribution in [0.25, 0.3) is 0 Å². The van der Waals surface area contributed by atoms with E-state index in [-0.39, 0.29) is 13.0 Å². The molecule has 3 nitrogen and oxygen atoms in total. The number of aliphatic hydroxyl groups is 1. The van der Waals surface area contributed by atoms with Crippen LogP contribution in [0.1, 0.15) is 6.42 Å². The van der Waals surface area contributed by atoms with Gasteiger partial charge in [0.1, 0.15) is 0 Å². The normalized spacial score (nSPS) is 13.2. The summed E-state index contributed by atoms with van der Waals surface area (Å²) in [6.45, 7) is -0.185. The van der Waals surface area contributed by atoms with E-state index in [1.165, 1.54) is 0 Å². The second-order valence-electron chi connectivity index (χ2n) is 1.43. The fraction of sp³-hybridized carbons (Fsp3) is 0.750. The molecule has 0 rings (SSSR count). The third kappa shape index (κ3) is 3.95. The Balaban J connectivity index is 3.24. The lowest BCUT2D eigenvalue weighted by molar-refractivity contribution is -0.137.